The molecule has 0 aliphatic heterocycles. The van der Waals surface area contributed by atoms with Gasteiger partial charge in [-0.3, -0.25) is 9.68 Å². The fourth-order valence-corrected chi connectivity index (χ4v) is 2.09. The molecule has 5 nitrogen and oxygen atoms in total. The lowest BCUT2D eigenvalue weighted by molar-refractivity contribution is -0.104. The Morgan fingerprint density at radius 2 is 2.06 bits per heavy atom. The van der Waals surface area contributed by atoms with Crippen molar-refractivity contribution in [1.29, 1.82) is 0 Å². The normalized spacial score (nSPS) is 14.7. The standard InChI is InChI=1S/C11H12O5P/c1-7-3-6-10(15-16-17(13)14-2)11-8(7)4-5-9(11)12/h3,6H,4-5H2,1-2H3/q+1. The van der Waals surface area contributed by atoms with Crippen molar-refractivity contribution >= 4 is 14.0 Å². The number of hydrogen-bond acceptors (Lipinski definition) is 5. The molecule has 90 valence electrons. The maximum Gasteiger partial charge on any atom is 0.738 e. The molecule has 0 aromatic heterocycles. The lowest BCUT2D eigenvalue weighted by Crippen LogP contribution is -2.00. The summed E-state index contributed by atoms with van der Waals surface area (Å²) < 4.78 is 19.9. The van der Waals surface area contributed by atoms with Gasteiger partial charge in [0.25, 0.3) is 0 Å². The number of Topliss-reactive ketones (excluding diaryl/α,β-unsaturated/α-hetero) is 1. The van der Waals surface area contributed by atoms with E-state index in [-0.39, 0.29) is 5.78 Å². The van der Waals surface area contributed by atoms with Crippen LogP contribution in [0.5, 0.6) is 5.75 Å². The summed E-state index contributed by atoms with van der Waals surface area (Å²) in [6.45, 7) is 1.94. The number of hydrogen-bond donors (Lipinski definition) is 0. The van der Waals surface area contributed by atoms with Crippen molar-refractivity contribution in [2.75, 3.05) is 7.11 Å². The highest BCUT2D eigenvalue weighted by atomic mass is 31.1. The molecule has 0 N–H and O–H groups in total. The highest BCUT2D eigenvalue weighted by Gasteiger charge is 2.28. The molecule has 0 heterocycles. The van der Waals surface area contributed by atoms with E-state index in [4.69, 9.17) is 4.89 Å². The van der Waals surface area contributed by atoms with Crippen molar-refractivity contribution in [1.82, 2.24) is 0 Å². The first-order valence-electron chi connectivity index (χ1n) is 5.15. The van der Waals surface area contributed by atoms with E-state index >= 15 is 0 Å². The van der Waals surface area contributed by atoms with Gasteiger partial charge in [-0.15, -0.1) is 4.52 Å². The Morgan fingerprint density at radius 1 is 1.29 bits per heavy atom. The van der Waals surface area contributed by atoms with E-state index in [0.29, 0.717) is 24.2 Å². The van der Waals surface area contributed by atoms with E-state index in [1.807, 2.05) is 13.0 Å². The lowest BCUT2D eigenvalue weighted by atomic mass is 10.0. The third kappa shape index (κ3) is 2.36. The predicted octanol–water partition coefficient (Wildman–Crippen LogP) is 2.74. The monoisotopic (exact) mass is 255 g/mol. The first-order chi connectivity index (χ1) is 8.13. The molecule has 1 aliphatic carbocycles. The van der Waals surface area contributed by atoms with Crippen molar-refractivity contribution in [3.8, 4) is 5.75 Å². The molecule has 1 atom stereocenters. The summed E-state index contributed by atoms with van der Waals surface area (Å²) in [5.74, 6) is 0.323. The molecule has 6 heteroatoms. The van der Waals surface area contributed by atoms with Gasteiger partial charge in [0.05, 0.1) is 12.7 Å². The van der Waals surface area contributed by atoms with Crippen molar-refractivity contribution in [2.24, 2.45) is 0 Å². The van der Waals surface area contributed by atoms with E-state index in [2.05, 4.69) is 9.20 Å². The van der Waals surface area contributed by atoms with Gasteiger partial charge >= 0.3 is 8.25 Å². The number of carbonyl (C=O) groups excluding carboxylic acids is 1. The zero-order valence-electron chi connectivity index (χ0n) is 9.56. The largest absolute Gasteiger partial charge is 0.738 e. The highest BCUT2D eigenvalue weighted by Crippen LogP contribution is 2.34. The van der Waals surface area contributed by atoms with Gasteiger partial charge in [0.1, 0.15) is 4.67 Å². The van der Waals surface area contributed by atoms with E-state index in [9.17, 15) is 9.36 Å². The van der Waals surface area contributed by atoms with E-state index in [0.717, 1.165) is 11.1 Å². The van der Waals surface area contributed by atoms with Crippen LogP contribution in [-0.4, -0.2) is 12.9 Å². The van der Waals surface area contributed by atoms with Crippen LogP contribution < -0.4 is 4.89 Å². The Kier molecular flexibility index (Phi) is 3.52. The Bertz CT molecular complexity index is 483. The zero-order valence-corrected chi connectivity index (χ0v) is 10.5. The number of rotatable bonds is 4. The molecule has 0 saturated heterocycles. The summed E-state index contributed by atoms with van der Waals surface area (Å²) in [7, 11) is -1.07. The molecule has 0 saturated carbocycles. The minimum atomic E-state index is -2.31. The molecule has 1 aromatic rings. The molecular formula is C11H12O5P+. The summed E-state index contributed by atoms with van der Waals surface area (Å²) in [5, 5.41) is 0. The van der Waals surface area contributed by atoms with Crippen LogP contribution in [-0.2, 0) is 20.2 Å². The average Bonchev–Trinajstić information content (AvgIpc) is 2.72. The molecule has 17 heavy (non-hydrogen) atoms. The number of carbonyl (C=O) groups is 1. The summed E-state index contributed by atoms with van der Waals surface area (Å²) in [6.07, 6.45) is 1.20. The first-order valence-corrected chi connectivity index (χ1v) is 6.24. The molecular weight excluding hydrogens is 243 g/mol. The van der Waals surface area contributed by atoms with Gasteiger partial charge in [0.15, 0.2) is 11.5 Å². The van der Waals surface area contributed by atoms with Crippen LogP contribution in [0.15, 0.2) is 12.1 Å². The van der Waals surface area contributed by atoms with E-state index < -0.39 is 8.25 Å². The summed E-state index contributed by atoms with van der Waals surface area (Å²) >= 11 is 0. The van der Waals surface area contributed by atoms with Gasteiger partial charge in [-0.05, 0) is 30.5 Å². The number of benzene rings is 1. The maximum atomic E-state index is 11.7. The van der Waals surface area contributed by atoms with Crippen LogP contribution >= 0.6 is 8.25 Å². The second kappa shape index (κ2) is 4.92. The first kappa shape index (κ1) is 12.2. The molecule has 0 spiro atoms. The maximum absolute atomic E-state index is 11.7. The molecule has 0 radical (unpaired) electrons. The lowest BCUT2D eigenvalue weighted by Gasteiger charge is -2.05. The fourth-order valence-electron chi connectivity index (χ4n) is 1.89. The summed E-state index contributed by atoms with van der Waals surface area (Å²) in [6, 6.07) is 3.48. The number of ketones is 1. The minimum Gasteiger partial charge on any atom is -0.294 e. The molecule has 0 fully saturated rings. The molecule has 1 aliphatic rings. The quantitative estimate of drug-likeness (QED) is 0.470. The molecule has 0 bridgehead atoms. The Balaban J connectivity index is 2.27. The van der Waals surface area contributed by atoms with Gasteiger partial charge in [-0.25, -0.2) is 0 Å². The second-order valence-corrected chi connectivity index (χ2v) is 4.68. The molecule has 1 unspecified atom stereocenters. The molecule has 0 amide bonds. The third-order valence-electron chi connectivity index (χ3n) is 2.73. The van der Waals surface area contributed by atoms with Crippen molar-refractivity contribution in [3.05, 3.63) is 28.8 Å². The zero-order chi connectivity index (χ0) is 12.4. The van der Waals surface area contributed by atoms with Crippen LogP contribution in [0.1, 0.15) is 27.9 Å². The van der Waals surface area contributed by atoms with Gasteiger partial charge in [0.2, 0.25) is 0 Å². The van der Waals surface area contributed by atoms with Crippen molar-refractivity contribution in [3.63, 3.8) is 0 Å². The van der Waals surface area contributed by atoms with Gasteiger partial charge in [-0.2, -0.15) is 0 Å². The Labute approximate surface area is 99.6 Å². The predicted molar refractivity (Wildman–Crippen MR) is 60.2 cm³/mol. The van der Waals surface area contributed by atoms with Crippen LogP contribution in [0.25, 0.3) is 0 Å². The Morgan fingerprint density at radius 3 is 2.76 bits per heavy atom. The minimum absolute atomic E-state index is 0.0231. The molecule has 1 aromatic carbocycles. The topological polar surface area (TPSA) is 61.8 Å². The second-order valence-electron chi connectivity index (χ2n) is 3.72. The van der Waals surface area contributed by atoms with Crippen LogP contribution in [0.3, 0.4) is 0 Å². The number of fused-ring (bicyclic) bond motifs is 1. The highest BCUT2D eigenvalue weighted by molar-refractivity contribution is 7.33. The van der Waals surface area contributed by atoms with Crippen LogP contribution in [0.4, 0.5) is 0 Å². The average molecular weight is 255 g/mol. The number of aryl methyl sites for hydroxylation is 1. The van der Waals surface area contributed by atoms with Crippen LogP contribution in [0, 0.1) is 6.92 Å². The van der Waals surface area contributed by atoms with Crippen LogP contribution in [0.2, 0.25) is 0 Å². The smallest absolute Gasteiger partial charge is 0.294 e. The fraction of sp³-hybridized carbons (Fsp3) is 0.364. The SMILES string of the molecule is CO[P+](=O)OOc1ccc(C)c2c1C(=O)CC2. The summed E-state index contributed by atoms with van der Waals surface area (Å²) in [5.41, 5.74) is 2.56. The van der Waals surface area contributed by atoms with Gasteiger partial charge in [0, 0.05) is 11.0 Å². The Hall–Kier alpha value is -1.29. The third-order valence-corrected chi connectivity index (χ3v) is 3.22. The van der Waals surface area contributed by atoms with E-state index in [1.165, 1.54) is 7.11 Å². The van der Waals surface area contributed by atoms with Crippen molar-refractivity contribution in [2.45, 2.75) is 19.8 Å². The summed E-state index contributed by atoms with van der Waals surface area (Å²) in [4.78, 5) is 16.6. The van der Waals surface area contributed by atoms with E-state index in [1.54, 1.807) is 6.07 Å². The molecule has 2 rings (SSSR count). The van der Waals surface area contributed by atoms with Gasteiger partial charge in [-0.1, -0.05) is 6.07 Å². The van der Waals surface area contributed by atoms with Gasteiger partial charge < -0.3 is 0 Å². The van der Waals surface area contributed by atoms with Crippen molar-refractivity contribution < 1.29 is 23.4 Å².